The van der Waals surface area contributed by atoms with Gasteiger partial charge in [-0.05, 0) is 12.1 Å². The molecule has 0 amide bonds. The van der Waals surface area contributed by atoms with Gasteiger partial charge in [0.15, 0.2) is 6.10 Å². The normalized spacial score (nSPS) is 19.5. The number of rotatable bonds is 3. The summed E-state index contributed by atoms with van der Waals surface area (Å²) < 4.78 is 10.7. The molecule has 1 aliphatic rings. The number of ether oxygens (including phenoxy) is 2. The van der Waals surface area contributed by atoms with Crippen LogP contribution in [0.1, 0.15) is 0 Å². The van der Waals surface area contributed by atoms with Crippen molar-refractivity contribution in [2.45, 2.75) is 6.10 Å². The Bertz CT molecular complexity index is 381. The molecule has 2 rings (SSSR count). The van der Waals surface area contributed by atoms with Crippen LogP contribution in [0, 0.1) is 0 Å². The second-order valence-electron chi connectivity index (χ2n) is 3.16. The molecule has 0 aromatic heterocycles. The van der Waals surface area contributed by atoms with Gasteiger partial charge in [0, 0.05) is 0 Å². The van der Waals surface area contributed by atoms with Crippen molar-refractivity contribution < 1.29 is 9.47 Å². The maximum Gasteiger partial charge on any atom is 0.282 e. The first kappa shape index (κ1) is 10.1. The minimum atomic E-state index is -0.110. The van der Waals surface area contributed by atoms with Gasteiger partial charge >= 0.3 is 0 Å². The van der Waals surface area contributed by atoms with Gasteiger partial charge in [-0.25, -0.2) is 4.99 Å². The summed E-state index contributed by atoms with van der Waals surface area (Å²) in [5.41, 5.74) is 5.37. The topological polar surface area (TPSA) is 56.8 Å². The molecule has 1 aromatic rings. The number of nitrogens with two attached hydrogens (primary N) is 1. The van der Waals surface area contributed by atoms with Crippen LogP contribution in [0.2, 0.25) is 5.02 Å². The molecule has 0 saturated carbocycles. The molecule has 1 atom stereocenters. The van der Waals surface area contributed by atoms with Gasteiger partial charge in [-0.1, -0.05) is 23.7 Å². The second-order valence-corrected chi connectivity index (χ2v) is 3.57. The first-order valence-electron chi connectivity index (χ1n) is 4.59. The Morgan fingerprint density at radius 1 is 1.53 bits per heavy atom. The van der Waals surface area contributed by atoms with Crippen LogP contribution in [0.15, 0.2) is 29.3 Å². The van der Waals surface area contributed by atoms with Crippen LogP contribution in [0.3, 0.4) is 0 Å². The SMILES string of the molecule is NC1=NCC(COc2ccccc2Cl)O1. The molecule has 5 heteroatoms. The van der Waals surface area contributed by atoms with Crippen LogP contribution in [0.25, 0.3) is 0 Å². The summed E-state index contributed by atoms with van der Waals surface area (Å²) in [6.07, 6.45) is -0.110. The fraction of sp³-hybridized carbons (Fsp3) is 0.300. The molecule has 80 valence electrons. The maximum atomic E-state index is 5.92. The summed E-state index contributed by atoms with van der Waals surface area (Å²) in [7, 11) is 0. The van der Waals surface area contributed by atoms with Gasteiger partial charge in [0.25, 0.3) is 6.02 Å². The Morgan fingerprint density at radius 2 is 2.33 bits per heavy atom. The van der Waals surface area contributed by atoms with Crippen molar-refractivity contribution in [3.63, 3.8) is 0 Å². The Hall–Kier alpha value is -1.42. The molecule has 0 saturated heterocycles. The number of hydrogen-bond acceptors (Lipinski definition) is 4. The first-order chi connectivity index (χ1) is 7.25. The van der Waals surface area contributed by atoms with E-state index < -0.39 is 0 Å². The van der Waals surface area contributed by atoms with E-state index in [9.17, 15) is 0 Å². The summed E-state index contributed by atoms with van der Waals surface area (Å²) in [6, 6.07) is 7.52. The molecular weight excluding hydrogens is 216 g/mol. The fourth-order valence-corrected chi connectivity index (χ4v) is 1.46. The van der Waals surface area contributed by atoms with Crippen LogP contribution >= 0.6 is 11.6 Å². The smallest absolute Gasteiger partial charge is 0.282 e. The van der Waals surface area contributed by atoms with Crippen LogP contribution in [0.4, 0.5) is 0 Å². The van der Waals surface area contributed by atoms with E-state index in [1.165, 1.54) is 0 Å². The predicted molar refractivity (Wildman–Crippen MR) is 58.3 cm³/mol. The standard InChI is InChI=1S/C10H11ClN2O2/c11-8-3-1-2-4-9(8)14-6-7-5-13-10(12)15-7/h1-4,7H,5-6H2,(H2,12,13). The van der Waals surface area contributed by atoms with Crippen LogP contribution in [0.5, 0.6) is 5.75 Å². The minimum absolute atomic E-state index is 0.110. The summed E-state index contributed by atoms with van der Waals surface area (Å²) in [4.78, 5) is 3.91. The molecule has 0 aliphatic carbocycles. The lowest BCUT2D eigenvalue weighted by molar-refractivity contribution is 0.141. The summed E-state index contributed by atoms with van der Waals surface area (Å²) >= 11 is 5.92. The highest BCUT2D eigenvalue weighted by atomic mass is 35.5. The molecule has 0 fully saturated rings. The fourth-order valence-electron chi connectivity index (χ4n) is 1.27. The molecule has 4 nitrogen and oxygen atoms in total. The van der Waals surface area contributed by atoms with Gasteiger partial charge < -0.3 is 15.2 Å². The largest absolute Gasteiger partial charge is 0.488 e. The molecule has 0 spiro atoms. The lowest BCUT2D eigenvalue weighted by Gasteiger charge is -2.12. The molecule has 0 radical (unpaired) electrons. The summed E-state index contributed by atoms with van der Waals surface area (Å²) in [5.74, 6) is 0.647. The van der Waals surface area contributed by atoms with E-state index in [4.69, 9.17) is 26.8 Å². The van der Waals surface area contributed by atoms with Crippen molar-refractivity contribution in [1.29, 1.82) is 0 Å². The molecule has 15 heavy (non-hydrogen) atoms. The van der Waals surface area contributed by atoms with E-state index in [1.54, 1.807) is 6.07 Å². The van der Waals surface area contributed by atoms with Crippen molar-refractivity contribution in [2.24, 2.45) is 10.7 Å². The minimum Gasteiger partial charge on any atom is -0.488 e. The number of hydrogen-bond donors (Lipinski definition) is 1. The molecule has 0 bridgehead atoms. The number of para-hydroxylation sites is 1. The van der Waals surface area contributed by atoms with E-state index in [2.05, 4.69) is 4.99 Å². The van der Waals surface area contributed by atoms with Crippen molar-refractivity contribution in [2.75, 3.05) is 13.2 Å². The Kier molecular flexibility index (Phi) is 2.97. The van der Waals surface area contributed by atoms with Gasteiger partial charge in [-0.15, -0.1) is 0 Å². The molecule has 1 aromatic carbocycles. The third kappa shape index (κ3) is 2.53. The number of amidine groups is 1. The molecule has 1 unspecified atom stereocenters. The summed E-state index contributed by atoms with van der Waals surface area (Å²) in [5, 5.41) is 0.587. The quantitative estimate of drug-likeness (QED) is 0.849. The average molecular weight is 227 g/mol. The van der Waals surface area contributed by atoms with Gasteiger partial charge in [-0.3, -0.25) is 0 Å². The Balaban J connectivity index is 1.86. The lowest BCUT2D eigenvalue weighted by Crippen LogP contribution is -2.24. The zero-order chi connectivity index (χ0) is 10.7. The molecule has 1 heterocycles. The molecule has 1 aliphatic heterocycles. The third-order valence-corrected chi connectivity index (χ3v) is 2.31. The van der Waals surface area contributed by atoms with Crippen molar-refractivity contribution in [1.82, 2.24) is 0 Å². The summed E-state index contributed by atoms with van der Waals surface area (Å²) in [6.45, 7) is 0.935. The van der Waals surface area contributed by atoms with Crippen LogP contribution < -0.4 is 10.5 Å². The number of nitrogens with zero attached hydrogens (tertiary/aromatic N) is 1. The van der Waals surface area contributed by atoms with Gasteiger partial charge in [0.1, 0.15) is 12.4 Å². The first-order valence-corrected chi connectivity index (χ1v) is 4.97. The van der Waals surface area contributed by atoms with E-state index in [1.807, 2.05) is 18.2 Å². The van der Waals surface area contributed by atoms with E-state index in [0.29, 0.717) is 23.9 Å². The number of halogens is 1. The molecule has 2 N–H and O–H groups in total. The second kappa shape index (κ2) is 4.40. The third-order valence-electron chi connectivity index (χ3n) is 2.00. The van der Waals surface area contributed by atoms with Crippen molar-refractivity contribution in [3.8, 4) is 5.75 Å². The van der Waals surface area contributed by atoms with Crippen LogP contribution in [-0.4, -0.2) is 25.3 Å². The average Bonchev–Trinajstić information content (AvgIpc) is 2.63. The number of aliphatic imine (C=N–C) groups is 1. The van der Waals surface area contributed by atoms with E-state index in [-0.39, 0.29) is 12.1 Å². The highest BCUT2D eigenvalue weighted by Crippen LogP contribution is 2.23. The zero-order valence-electron chi connectivity index (χ0n) is 8.02. The highest BCUT2D eigenvalue weighted by molar-refractivity contribution is 6.32. The van der Waals surface area contributed by atoms with Gasteiger partial charge in [0.05, 0.1) is 11.6 Å². The molecular formula is C10H11ClN2O2. The predicted octanol–water partition coefficient (Wildman–Crippen LogP) is 1.43. The Labute approximate surface area is 92.7 Å². The lowest BCUT2D eigenvalue weighted by atomic mass is 10.3. The van der Waals surface area contributed by atoms with E-state index >= 15 is 0 Å². The van der Waals surface area contributed by atoms with Gasteiger partial charge in [-0.2, -0.15) is 0 Å². The monoisotopic (exact) mass is 226 g/mol. The van der Waals surface area contributed by atoms with Crippen molar-refractivity contribution >= 4 is 17.6 Å². The van der Waals surface area contributed by atoms with Crippen molar-refractivity contribution in [3.05, 3.63) is 29.3 Å². The highest BCUT2D eigenvalue weighted by Gasteiger charge is 2.18. The van der Waals surface area contributed by atoms with E-state index in [0.717, 1.165) is 0 Å². The zero-order valence-corrected chi connectivity index (χ0v) is 8.78. The van der Waals surface area contributed by atoms with Crippen LogP contribution in [-0.2, 0) is 4.74 Å². The van der Waals surface area contributed by atoms with Gasteiger partial charge in [0.2, 0.25) is 0 Å². The Morgan fingerprint density at radius 3 is 3.00 bits per heavy atom. The number of benzene rings is 1. The maximum absolute atomic E-state index is 5.92.